The molecule has 0 aliphatic carbocycles. The minimum atomic E-state index is -0.0586. The van der Waals surface area contributed by atoms with Crippen LogP contribution in [0.1, 0.15) is 12.8 Å². The lowest BCUT2D eigenvalue weighted by molar-refractivity contribution is -0.120. The van der Waals surface area contributed by atoms with Gasteiger partial charge in [-0.2, -0.15) is 0 Å². The third-order valence-electron chi connectivity index (χ3n) is 4.48. The average Bonchev–Trinajstić information content (AvgIpc) is 3.12. The molecule has 1 unspecified atom stereocenters. The van der Waals surface area contributed by atoms with Gasteiger partial charge in [-0.05, 0) is 37.1 Å². The number of nitrogens with zero attached hydrogens (tertiary/aromatic N) is 3. The van der Waals surface area contributed by atoms with Gasteiger partial charge in [-0.3, -0.25) is 4.79 Å². The minimum Gasteiger partial charge on any atom is -0.361 e. The Labute approximate surface area is 139 Å². The molecule has 1 aromatic carbocycles. The van der Waals surface area contributed by atoms with Gasteiger partial charge in [0.05, 0.1) is 11.6 Å². The van der Waals surface area contributed by atoms with Crippen LogP contribution in [0.5, 0.6) is 0 Å². The van der Waals surface area contributed by atoms with Crippen LogP contribution in [0.4, 0.5) is 11.6 Å². The van der Waals surface area contributed by atoms with Gasteiger partial charge in [0.15, 0.2) is 0 Å². The van der Waals surface area contributed by atoms with E-state index in [9.17, 15) is 4.79 Å². The van der Waals surface area contributed by atoms with Crippen LogP contribution in [-0.4, -0.2) is 33.9 Å². The molecule has 122 valence electrons. The Hall–Kier alpha value is -2.89. The maximum absolute atomic E-state index is 12.7. The van der Waals surface area contributed by atoms with Crippen molar-refractivity contribution in [2.24, 2.45) is 5.92 Å². The molecule has 1 amide bonds. The van der Waals surface area contributed by atoms with Crippen LogP contribution in [0.3, 0.4) is 0 Å². The van der Waals surface area contributed by atoms with Crippen LogP contribution < -0.4 is 10.2 Å². The fourth-order valence-electron chi connectivity index (χ4n) is 3.26. The molecule has 1 fully saturated rings. The van der Waals surface area contributed by atoms with Crippen molar-refractivity contribution >= 4 is 28.4 Å². The molecular formula is C18H19N5O. The fraction of sp³-hybridized carbons (Fsp3) is 0.278. The van der Waals surface area contributed by atoms with E-state index in [-0.39, 0.29) is 11.8 Å². The standard InChI is InChI=1S/C18H19N5O/c24-17(22-16-6-1-5-15-14(16)7-10-19-15)13-4-2-11-23(12-13)18-20-8-3-9-21-18/h1,3,5-10,13,19H,2,4,11-12H2,(H,22,24). The normalized spacial score (nSPS) is 17.8. The topological polar surface area (TPSA) is 73.9 Å². The number of carbonyl (C=O) groups is 1. The molecule has 0 saturated carbocycles. The zero-order chi connectivity index (χ0) is 16.4. The molecule has 1 aliphatic heterocycles. The number of anilines is 2. The van der Waals surface area contributed by atoms with E-state index in [1.165, 1.54) is 0 Å². The first-order valence-electron chi connectivity index (χ1n) is 8.20. The van der Waals surface area contributed by atoms with Crippen molar-refractivity contribution < 1.29 is 4.79 Å². The Kier molecular flexibility index (Phi) is 3.86. The number of fused-ring (bicyclic) bond motifs is 1. The van der Waals surface area contributed by atoms with E-state index in [2.05, 4.69) is 25.2 Å². The number of hydrogen-bond donors (Lipinski definition) is 2. The highest BCUT2D eigenvalue weighted by Gasteiger charge is 2.27. The number of rotatable bonds is 3. The third kappa shape index (κ3) is 2.82. The lowest BCUT2D eigenvalue weighted by Crippen LogP contribution is -2.41. The number of amides is 1. The Morgan fingerprint density at radius 1 is 1.21 bits per heavy atom. The van der Waals surface area contributed by atoms with Gasteiger partial charge in [-0.15, -0.1) is 0 Å². The molecule has 1 saturated heterocycles. The predicted octanol–water partition coefficient (Wildman–Crippen LogP) is 2.81. The molecular weight excluding hydrogens is 302 g/mol. The monoisotopic (exact) mass is 321 g/mol. The van der Waals surface area contributed by atoms with Gasteiger partial charge in [-0.1, -0.05) is 6.07 Å². The number of aromatic amines is 1. The van der Waals surface area contributed by atoms with Crippen molar-refractivity contribution in [2.75, 3.05) is 23.3 Å². The van der Waals surface area contributed by atoms with E-state index in [1.807, 2.05) is 30.5 Å². The Morgan fingerprint density at radius 3 is 2.96 bits per heavy atom. The Morgan fingerprint density at radius 2 is 2.08 bits per heavy atom. The average molecular weight is 321 g/mol. The first-order valence-corrected chi connectivity index (χ1v) is 8.20. The summed E-state index contributed by atoms with van der Waals surface area (Å²) in [6.45, 7) is 1.54. The summed E-state index contributed by atoms with van der Waals surface area (Å²) in [6, 6.07) is 9.67. The van der Waals surface area contributed by atoms with Crippen molar-refractivity contribution in [3.05, 3.63) is 48.9 Å². The van der Waals surface area contributed by atoms with Gasteiger partial charge in [0.2, 0.25) is 11.9 Å². The van der Waals surface area contributed by atoms with Gasteiger partial charge in [0, 0.05) is 42.6 Å². The van der Waals surface area contributed by atoms with Crippen LogP contribution in [0.2, 0.25) is 0 Å². The number of nitrogens with one attached hydrogen (secondary N) is 2. The van der Waals surface area contributed by atoms with E-state index >= 15 is 0 Å². The highest BCUT2D eigenvalue weighted by atomic mass is 16.1. The minimum absolute atomic E-state index is 0.0586. The van der Waals surface area contributed by atoms with Gasteiger partial charge in [0.25, 0.3) is 0 Å². The number of aromatic nitrogens is 3. The summed E-state index contributed by atoms with van der Waals surface area (Å²) in [7, 11) is 0. The molecule has 6 nitrogen and oxygen atoms in total. The molecule has 6 heteroatoms. The quantitative estimate of drug-likeness (QED) is 0.778. The van der Waals surface area contributed by atoms with Crippen molar-refractivity contribution in [1.29, 1.82) is 0 Å². The first kappa shape index (κ1) is 14.7. The van der Waals surface area contributed by atoms with Crippen molar-refractivity contribution in [3.8, 4) is 0 Å². The van der Waals surface area contributed by atoms with E-state index in [1.54, 1.807) is 18.5 Å². The second-order valence-corrected chi connectivity index (χ2v) is 6.07. The molecule has 3 aromatic rings. The van der Waals surface area contributed by atoms with Gasteiger partial charge < -0.3 is 15.2 Å². The summed E-state index contributed by atoms with van der Waals surface area (Å²) in [5.74, 6) is 0.698. The van der Waals surface area contributed by atoms with Crippen LogP contribution in [0.15, 0.2) is 48.9 Å². The van der Waals surface area contributed by atoms with Gasteiger partial charge in [-0.25, -0.2) is 9.97 Å². The summed E-state index contributed by atoms with van der Waals surface area (Å²) < 4.78 is 0. The van der Waals surface area contributed by atoms with Crippen LogP contribution in [0.25, 0.3) is 10.9 Å². The van der Waals surface area contributed by atoms with Crippen molar-refractivity contribution in [2.45, 2.75) is 12.8 Å². The van der Waals surface area contributed by atoms with Crippen LogP contribution in [-0.2, 0) is 4.79 Å². The summed E-state index contributed by atoms with van der Waals surface area (Å²) in [6.07, 6.45) is 7.20. The molecule has 2 aromatic heterocycles. The number of benzene rings is 1. The zero-order valence-corrected chi connectivity index (χ0v) is 13.3. The maximum atomic E-state index is 12.7. The molecule has 1 atom stereocenters. The summed E-state index contributed by atoms with van der Waals surface area (Å²) in [5.41, 5.74) is 1.88. The lowest BCUT2D eigenvalue weighted by atomic mass is 9.97. The van der Waals surface area contributed by atoms with Crippen LogP contribution in [0, 0.1) is 5.92 Å². The van der Waals surface area contributed by atoms with Gasteiger partial charge >= 0.3 is 0 Å². The number of carbonyl (C=O) groups excluding carboxylic acids is 1. The van der Waals surface area contributed by atoms with E-state index in [0.717, 1.165) is 36.0 Å². The second kappa shape index (κ2) is 6.31. The van der Waals surface area contributed by atoms with Crippen molar-refractivity contribution in [3.63, 3.8) is 0 Å². The van der Waals surface area contributed by atoms with Crippen molar-refractivity contribution in [1.82, 2.24) is 15.0 Å². The predicted molar refractivity (Wildman–Crippen MR) is 93.9 cm³/mol. The molecule has 0 spiro atoms. The van der Waals surface area contributed by atoms with E-state index < -0.39 is 0 Å². The number of piperidine rings is 1. The Bertz CT molecular complexity index is 845. The zero-order valence-electron chi connectivity index (χ0n) is 13.3. The largest absolute Gasteiger partial charge is 0.361 e. The molecule has 2 N–H and O–H groups in total. The number of H-pyrrole nitrogens is 1. The summed E-state index contributed by atoms with van der Waals surface area (Å²) in [4.78, 5) is 26.6. The third-order valence-corrected chi connectivity index (χ3v) is 4.48. The SMILES string of the molecule is O=C(Nc1cccc2[nH]ccc12)C1CCCN(c2ncccn2)C1. The maximum Gasteiger partial charge on any atom is 0.229 e. The van der Waals surface area contributed by atoms with E-state index in [4.69, 9.17) is 0 Å². The molecule has 0 radical (unpaired) electrons. The smallest absolute Gasteiger partial charge is 0.229 e. The highest BCUT2D eigenvalue weighted by Crippen LogP contribution is 2.25. The summed E-state index contributed by atoms with van der Waals surface area (Å²) in [5, 5.41) is 4.12. The highest BCUT2D eigenvalue weighted by molar-refractivity contribution is 6.02. The molecule has 3 heterocycles. The molecule has 0 bridgehead atoms. The molecule has 1 aliphatic rings. The first-order chi connectivity index (χ1) is 11.8. The van der Waals surface area contributed by atoms with E-state index in [0.29, 0.717) is 12.5 Å². The van der Waals surface area contributed by atoms with Gasteiger partial charge in [0.1, 0.15) is 0 Å². The summed E-state index contributed by atoms with van der Waals surface area (Å²) >= 11 is 0. The van der Waals surface area contributed by atoms with Crippen LogP contribution >= 0.6 is 0 Å². The number of hydrogen-bond acceptors (Lipinski definition) is 4. The fourth-order valence-corrected chi connectivity index (χ4v) is 3.26. The lowest BCUT2D eigenvalue weighted by Gasteiger charge is -2.31. The Balaban J connectivity index is 1.49. The molecule has 4 rings (SSSR count). The molecule has 24 heavy (non-hydrogen) atoms. The second-order valence-electron chi connectivity index (χ2n) is 6.07.